The number of anilines is 1. The van der Waals surface area contributed by atoms with Crippen molar-refractivity contribution in [1.29, 1.82) is 0 Å². The van der Waals surface area contributed by atoms with Crippen LogP contribution >= 0.6 is 0 Å². The highest BCUT2D eigenvalue weighted by molar-refractivity contribution is 7.89. The summed E-state index contributed by atoms with van der Waals surface area (Å²) in [6, 6.07) is 4.77. The highest BCUT2D eigenvalue weighted by Gasteiger charge is 2.33. The topological polar surface area (TPSA) is 95.7 Å². The van der Waals surface area contributed by atoms with E-state index in [-0.39, 0.29) is 16.9 Å². The minimum absolute atomic E-state index is 0.0766. The Morgan fingerprint density at radius 1 is 1.10 bits per heavy atom. The predicted molar refractivity (Wildman–Crippen MR) is 99.4 cm³/mol. The van der Waals surface area contributed by atoms with Crippen LogP contribution in [-0.4, -0.2) is 56.4 Å². The molecule has 2 fully saturated rings. The van der Waals surface area contributed by atoms with Crippen molar-refractivity contribution in [3.63, 3.8) is 0 Å². The maximum absolute atomic E-state index is 12.7. The Kier molecular flexibility index (Phi) is 5.22. The van der Waals surface area contributed by atoms with E-state index in [1.54, 1.807) is 4.90 Å². The van der Waals surface area contributed by atoms with Crippen molar-refractivity contribution in [2.45, 2.75) is 30.2 Å². The first-order valence-electron chi connectivity index (χ1n) is 9.33. The summed E-state index contributed by atoms with van der Waals surface area (Å²) in [4.78, 5) is 19.8. The van der Waals surface area contributed by atoms with Crippen LogP contribution in [0.25, 0.3) is 0 Å². The molecule has 0 radical (unpaired) electrons. The summed E-state index contributed by atoms with van der Waals surface area (Å²) >= 11 is 0. The van der Waals surface area contributed by atoms with Gasteiger partial charge in [0.05, 0.1) is 5.56 Å². The van der Waals surface area contributed by atoms with Gasteiger partial charge in [0.25, 0.3) is 15.9 Å². The van der Waals surface area contributed by atoms with Gasteiger partial charge < -0.3 is 14.2 Å². The molecule has 0 atom stereocenters. The Balaban J connectivity index is 1.36. The van der Waals surface area contributed by atoms with Crippen LogP contribution in [0.5, 0.6) is 0 Å². The molecule has 0 spiro atoms. The molecule has 1 saturated carbocycles. The Morgan fingerprint density at radius 2 is 1.80 bits per heavy atom. The summed E-state index contributed by atoms with van der Waals surface area (Å²) in [5, 5.41) is -0.301. The molecule has 162 valence electrons. The lowest BCUT2D eigenvalue weighted by Crippen LogP contribution is -2.49. The molecular formula is C18H19F3N4O4S. The van der Waals surface area contributed by atoms with Crippen LogP contribution < -0.4 is 9.62 Å². The fourth-order valence-corrected chi connectivity index (χ4v) is 4.33. The van der Waals surface area contributed by atoms with Gasteiger partial charge in [0.15, 0.2) is 5.76 Å². The summed E-state index contributed by atoms with van der Waals surface area (Å²) < 4.78 is 70.1. The predicted octanol–water partition coefficient (Wildman–Crippen LogP) is 2.10. The molecule has 1 saturated heterocycles. The quantitative estimate of drug-likeness (QED) is 0.759. The van der Waals surface area contributed by atoms with E-state index in [2.05, 4.69) is 9.71 Å². The SMILES string of the molecule is O=C(c1ccc(S(=O)(=O)NC2CC2)o1)N1CCN(c2ccc(C(F)(F)F)cn2)CC1. The van der Waals surface area contributed by atoms with Gasteiger partial charge >= 0.3 is 6.18 Å². The zero-order valence-electron chi connectivity index (χ0n) is 15.7. The first-order chi connectivity index (χ1) is 14.1. The number of piperazine rings is 1. The Hall–Kier alpha value is -2.60. The molecule has 0 unspecified atom stereocenters. The van der Waals surface area contributed by atoms with Crippen LogP contribution in [0.1, 0.15) is 29.0 Å². The standard InChI is InChI=1S/C18H19F3N4O4S/c19-18(20,21)12-1-5-15(22-11-12)24-7-9-25(10-8-24)17(26)14-4-6-16(29-14)30(27,28)23-13-2-3-13/h1,4-6,11,13,23H,2-3,7-10H2. The molecule has 2 aromatic heterocycles. The number of amides is 1. The van der Waals surface area contributed by atoms with E-state index in [1.807, 2.05) is 0 Å². The summed E-state index contributed by atoms with van der Waals surface area (Å²) in [5.41, 5.74) is -0.820. The lowest BCUT2D eigenvalue weighted by Gasteiger charge is -2.35. The molecule has 3 heterocycles. The second-order valence-electron chi connectivity index (χ2n) is 7.20. The average Bonchev–Trinajstić information content (AvgIpc) is 3.36. The Labute approximate surface area is 170 Å². The molecule has 1 N–H and O–H groups in total. The van der Waals surface area contributed by atoms with Gasteiger partial charge in [0, 0.05) is 38.4 Å². The van der Waals surface area contributed by atoms with E-state index >= 15 is 0 Å². The number of alkyl halides is 3. The monoisotopic (exact) mass is 444 g/mol. The van der Waals surface area contributed by atoms with Gasteiger partial charge in [-0.2, -0.15) is 13.2 Å². The maximum atomic E-state index is 12.7. The molecule has 4 rings (SSSR count). The highest BCUT2D eigenvalue weighted by Crippen LogP contribution is 2.29. The van der Waals surface area contributed by atoms with Crippen molar-refractivity contribution in [3.8, 4) is 0 Å². The lowest BCUT2D eigenvalue weighted by molar-refractivity contribution is -0.137. The molecule has 1 aliphatic carbocycles. The molecule has 0 bridgehead atoms. The second-order valence-corrected chi connectivity index (χ2v) is 8.84. The summed E-state index contributed by atoms with van der Waals surface area (Å²) in [6.45, 7) is 1.34. The van der Waals surface area contributed by atoms with Crippen molar-refractivity contribution >= 4 is 21.7 Å². The zero-order chi connectivity index (χ0) is 21.5. The molecule has 0 aromatic carbocycles. The number of pyridine rings is 1. The van der Waals surface area contributed by atoms with Crippen LogP contribution in [-0.2, 0) is 16.2 Å². The van der Waals surface area contributed by atoms with E-state index < -0.39 is 27.7 Å². The number of nitrogens with zero attached hydrogens (tertiary/aromatic N) is 3. The first kappa shape index (κ1) is 20.7. The maximum Gasteiger partial charge on any atom is 0.417 e. The van der Waals surface area contributed by atoms with Crippen LogP contribution in [0.2, 0.25) is 0 Å². The largest absolute Gasteiger partial charge is 0.438 e. The number of nitrogens with one attached hydrogen (secondary N) is 1. The third-order valence-electron chi connectivity index (χ3n) is 4.92. The third kappa shape index (κ3) is 4.43. The summed E-state index contributed by atoms with van der Waals surface area (Å²) in [5.74, 6) is -0.122. The molecule has 1 amide bonds. The molecular weight excluding hydrogens is 425 g/mol. The van der Waals surface area contributed by atoms with Gasteiger partial charge in [-0.1, -0.05) is 0 Å². The number of aromatic nitrogens is 1. The second kappa shape index (κ2) is 7.58. The van der Waals surface area contributed by atoms with Gasteiger partial charge in [0.2, 0.25) is 5.09 Å². The van der Waals surface area contributed by atoms with Gasteiger partial charge in [-0.15, -0.1) is 0 Å². The molecule has 2 aliphatic rings. The van der Waals surface area contributed by atoms with Crippen LogP contribution in [0.4, 0.5) is 19.0 Å². The zero-order valence-corrected chi connectivity index (χ0v) is 16.5. The normalized spacial score (nSPS) is 18.0. The number of sulfonamides is 1. The van der Waals surface area contributed by atoms with E-state index in [1.165, 1.54) is 23.1 Å². The van der Waals surface area contributed by atoms with Crippen molar-refractivity contribution in [1.82, 2.24) is 14.6 Å². The van der Waals surface area contributed by atoms with E-state index in [9.17, 15) is 26.4 Å². The minimum atomic E-state index is -4.44. The van der Waals surface area contributed by atoms with Crippen molar-refractivity contribution < 1.29 is 30.8 Å². The molecule has 30 heavy (non-hydrogen) atoms. The number of hydrogen-bond acceptors (Lipinski definition) is 6. The van der Waals surface area contributed by atoms with Crippen LogP contribution in [0, 0.1) is 0 Å². The number of carbonyl (C=O) groups excluding carboxylic acids is 1. The number of hydrogen-bond donors (Lipinski definition) is 1. The first-order valence-corrected chi connectivity index (χ1v) is 10.8. The molecule has 8 nitrogen and oxygen atoms in total. The van der Waals surface area contributed by atoms with E-state index in [4.69, 9.17) is 4.42 Å². The van der Waals surface area contributed by atoms with Crippen LogP contribution in [0.15, 0.2) is 40.0 Å². The van der Waals surface area contributed by atoms with Crippen LogP contribution in [0.3, 0.4) is 0 Å². The molecule has 12 heteroatoms. The number of carbonyl (C=O) groups is 1. The van der Waals surface area contributed by atoms with Gasteiger partial charge in [-0.3, -0.25) is 4.79 Å². The number of furan rings is 1. The van der Waals surface area contributed by atoms with Gasteiger partial charge in [-0.05, 0) is 37.1 Å². The van der Waals surface area contributed by atoms with Crippen molar-refractivity contribution in [3.05, 3.63) is 41.8 Å². The minimum Gasteiger partial charge on any atom is -0.438 e. The summed E-state index contributed by atoms with van der Waals surface area (Å²) in [7, 11) is -3.78. The van der Waals surface area contributed by atoms with E-state index in [0.717, 1.165) is 25.1 Å². The fraction of sp³-hybridized carbons (Fsp3) is 0.444. The smallest absolute Gasteiger partial charge is 0.417 e. The van der Waals surface area contributed by atoms with Gasteiger partial charge in [-0.25, -0.2) is 18.1 Å². The number of halogens is 3. The summed E-state index contributed by atoms with van der Waals surface area (Å²) in [6.07, 6.45) is -2.10. The molecule has 1 aliphatic heterocycles. The lowest BCUT2D eigenvalue weighted by atomic mass is 10.2. The molecule has 2 aromatic rings. The Bertz CT molecular complexity index is 1020. The highest BCUT2D eigenvalue weighted by atomic mass is 32.2. The average molecular weight is 444 g/mol. The third-order valence-corrected chi connectivity index (χ3v) is 6.31. The Morgan fingerprint density at radius 3 is 2.37 bits per heavy atom. The number of rotatable bonds is 5. The fourth-order valence-electron chi connectivity index (χ4n) is 3.09. The van der Waals surface area contributed by atoms with Crippen molar-refractivity contribution in [2.24, 2.45) is 0 Å². The van der Waals surface area contributed by atoms with Crippen molar-refractivity contribution in [2.75, 3.05) is 31.1 Å². The van der Waals surface area contributed by atoms with E-state index in [0.29, 0.717) is 32.0 Å². The van der Waals surface area contributed by atoms with Gasteiger partial charge in [0.1, 0.15) is 5.82 Å².